The second-order valence-electron chi connectivity index (χ2n) is 3.71. The molecule has 0 radical (unpaired) electrons. The number of hydrogen-bond donors (Lipinski definition) is 1. The number of rotatable bonds is 2. The molecule has 1 aliphatic heterocycles. The standard InChI is InChI=1S/C9H11N3O/c13-5-8-7-3-10-4-9(7)12(11-8)6-1-2-6/h5-6,10H,1-4H2. The van der Waals surface area contributed by atoms with Gasteiger partial charge in [0.2, 0.25) is 0 Å². The zero-order chi connectivity index (χ0) is 8.84. The van der Waals surface area contributed by atoms with Gasteiger partial charge in [-0.05, 0) is 12.8 Å². The molecule has 1 aromatic rings. The maximum absolute atomic E-state index is 10.7. The Labute approximate surface area is 75.9 Å². The van der Waals surface area contributed by atoms with Gasteiger partial charge in [0.1, 0.15) is 5.69 Å². The van der Waals surface area contributed by atoms with Crippen LogP contribution < -0.4 is 5.32 Å². The molecule has 0 amide bonds. The second-order valence-corrected chi connectivity index (χ2v) is 3.71. The van der Waals surface area contributed by atoms with E-state index in [0.717, 1.165) is 24.9 Å². The molecule has 2 aliphatic rings. The minimum atomic E-state index is 0.572. The fraction of sp³-hybridized carbons (Fsp3) is 0.556. The minimum Gasteiger partial charge on any atom is -0.307 e. The molecule has 1 aromatic heterocycles. The number of carbonyl (C=O) groups is 1. The number of aldehydes is 1. The summed E-state index contributed by atoms with van der Waals surface area (Å²) >= 11 is 0. The van der Waals surface area contributed by atoms with Crippen LogP contribution in [0.15, 0.2) is 0 Å². The highest BCUT2D eigenvalue weighted by atomic mass is 16.1. The highest BCUT2D eigenvalue weighted by Crippen LogP contribution is 2.37. The van der Waals surface area contributed by atoms with Gasteiger partial charge in [0.15, 0.2) is 6.29 Å². The number of fused-ring (bicyclic) bond motifs is 1. The fourth-order valence-corrected chi connectivity index (χ4v) is 1.92. The lowest BCUT2D eigenvalue weighted by atomic mass is 10.2. The Balaban J connectivity index is 2.14. The molecule has 1 fully saturated rings. The van der Waals surface area contributed by atoms with E-state index in [1.165, 1.54) is 18.5 Å². The third-order valence-corrected chi connectivity index (χ3v) is 2.75. The molecular formula is C9H11N3O. The molecule has 0 bridgehead atoms. The van der Waals surface area contributed by atoms with Gasteiger partial charge in [-0.1, -0.05) is 0 Å². The van der Waals surface area contributed by atoms with Gasteiger partial charge < -0.3 is 5.32 Å². The van der Waals surface area contributed by atoms with E-state index in [1.54, 1.807) is 0 Å². The van der Waals surface area contributed by atoms with Gasteiger partial charge >= 0.3 is 0 Å². The van der Waals surface area contributed by atoms with Crippen molar-refractivity contribution in [2.45, 2.75) is 32.0 Å². The topological polar surface area (TPSA) is 46.9 Å². The van der Waals surface area contributed by atoms with Crippen LogP contribution in [0.1, 0.15) is 40.6 Å². The SMILES string of the molecule is O=Cc1nn(C2CC2)c2c1CNC2. The Morgan fingerprint density at radius 3 is 3.00 bits per heavy atom. The lowest BCUT2D eigenvalue weighted by Crippen LogP contribution is -2.08. The quantitative estimate of drug-likeness (QED) is 0.674. The second kappa shape index (κ2) is 2.42. The molecule has 0 saturated heterocycles. The molecule has 1 aliphatic carbocycles. The zero-order valence-corrected chi connectivity index (χ0v) is 7.29. The molecule has 0 atom stereocenters. The Morgan fingerprint density at radius 2 is 2.31 bits per heavy atom. The molecule has 3 rings (SSSR count). The van der Waals surface area contributed by atoms with Gasteiger partial charge in [0.05, 0.1) is 11.7 Å². The van der Waals surface area contributed by atoms with Crippen molar-refractivity contribution < 1.29 is 4.79 Å². The van der Waals surface area contributed by atoms with Crippen molar-refractivity contribution >= 4 is 6.29 Å². The molecule has 0 unspecified atom stereocenters. The molecule has 0 spiro atoms. The summed E-state index contributed by atoms with van der Waals surface area (Å²) < 4.78 is 2.04. The normalized spacial score (nSPS) is 20.3. The summed E-state index contributed by atoms with van der Waals surface area (Å²) in [4.78, 5) is 10.7. The monoisotopic (exact) mass is 177 g/mol. The summed E-state index contributed by atoms with van der Waals surface area (Å²) in [6.45, 7) is 1.67. The Kier molecular flexibility index (Phi) is 1.35. The minimum absolute atomic E-state index is 0.572. The van der Waals surface area contributed by atoms with Gasteiger partial charge in [-0.15, -0.1) is 0 Å². The van der Waals surface area contributed by atoms with E-state index in [1.807, 2.05) is 4.68 Å². The summed E-state index contributed by atoms with van der Waals surface area (Å²) in [7, 11) is 0. The number of carbonyl (C=O) groups excluding carboxylic acids is 1. The molecule has 1 saturated carbocycles. The van der Waals surface area contributed by atoms with Crippen molar-refractivity contribution in [3.05, 3.63) is 17.0 Å². The van der Waals surface area contributed by atoms with Gasteiger partial charge in [0, 0.05) is 18.7 Å². The average Bonchev–Trinajstić information content (AvgIpc) is 2.77. The van der Waals surface area contributed by atoms with Crippen LogP contribution in [0.4, 0.5) is 0 Å². The first kappa shape index (κ1) is 7.26. The molecule has 13 heavy (non-hydrogen) atoms. The predicted octanol–water partition coefficient (Wildman–Crippen LogP) is 0.634. The van der Waals surface area contributed by atoms with Crippen LogP contribution in [-0.4, -0.2) is 16.1 Å². The third kappa shape index (κ3) is 0.951. The summed E-state index contributed by atoms with van der Waals surface area (Å²) in [6.07, 6.45) is 3.30. The number of hydrogen-bond acceptors (Lipinski definition) is 3. The molecule has 68 valence electrons. The maximum atomic E-state index is 10.7. The van der Waals surface area contributed by atoms with Crippen LogP contribution >= 0.6 is 0 Å². The van der Waals surface area contributed by atoms with Crippen molar-refractivity contribution in [3.8, 4) is 0 Å². The van der Waals surface area contributed by atoms with Gasteiger partial charge in [-0.2, -0.15) is 5.10 Å². The first-order chi connectivity index (χ1) is 6.40. The van der Waals surface area contributed by atoms with Crippen molar-refractivity contribution in [2.24, 2.45) is 0 Å². The Morgan fingerprint density at radius 1 is 1.46 bits per heavy atom. The number of aromatic nitrogens is 2. The van der Waals surface area contributed by atoms with Gasteiger partial charge in [0.25, 0.3) is 0 Å². The van der Waals surface area contributed by atoms with Crippen LogP contribution in [0.5, 0.6) is 0 Å². The largest absolute Gasteiger partial charge is 0.307 e. The summed E-state index contributed by atoms with van der Waals surface area (Å²) in [6, 6.07) is 0.572. The molecule has 1 N–H and O–H groups in total. The lowest BCUT2D eigenvalue weighted by Gasteiger charge is -2.00. The highest BCUT2D eigenvalue weighted by molar-refractivity contribution is 5.75. The van der Waals surface area contributed by atoms with E-state index in [9.17, 15) is 4.79 Å². The van der Waals surface area contributed by atoms with Crippen LogP contribution in [0.25, 0.3) is 0 Å². The van der Waals surface area contributed by atoms with E-state index in [-0.39, 0.29) is 0 Å². The smallest absolute Gasteiger partial charge is 0.170 e. The van der Waals surface area contributed by atoms with Gasteiger partial charge in [-0.3, -0.25) is 9.48 Å². The van der Waals surface area contributed by atoms with E-state index in [4.69, 9.17) is 0 Å². The number of nitrogens with one attached hydrogen (secondary N) is 1. The Hall–Kier alpha value is -1.16. The van der Waals surface area contributed by atoms with E-state index >= 15 is 0 Å². The summed E-state index contributed by atoms with van der Waals surface area (Å²) in [5.74, 6) is 0. The van der Waals surface area contributed by atoms with E-state index < -0.39 is 0 Å². The van der Waals surface area contributed by atoms with E-state index in [0.29, 0.717) is 11.7 Å². The average molecular weight is 177 g/mol. The first-order valence-electron chi connectivity index (χ1n) is 4.66. The molecule has 4 nitrogen and oxygen atoms in total. The molecule has 4 heteroatoms. The van der Waals surface area contributed by atoms with E-state index in [2.05, 4.69) is 10.4 Å². The highest BCUT2D eigenvalue weighted by Gasteiger charge is 2.31. The van der Waals surface area contributed by atoms with Crippen LogP contribution in [0.2, 0.25) is 0 Å². The predicted molar refractivity (Wildman–Crippen MR) is 46.4 cm³/mol. The van der Waals surface area contributed by atoms with Crippen molar-refractivity contribution in [1.82, 2.24) is 15.1 Å². The van der Waals surface area contributed by atoms with Crippen LogP contribution in [-0.2, 0) is 13.1 Å². The third-order valence-electron chi connectivity index (χ3n) is 2.75. The van der Waals surface area contributed by atoms with Crippen LogP contribution in [0.3, 0.4) is 0 Å². The fourth-order valence-electron chi connectivity index (χ4n) is 1.92. The Bertz CT molecular complexity index is 365. The zero-order valence-electron chi connectivity index (χ0n) is 7.29. The van der Waals surface area contributed by atoms with Crippen molar-refractivity contribution in [2.75, 3.05) is 0 Å². The molecule has 2 heterocycles. The maximum Gasteiger partial charge on any atom is 0.170 e. The molecular weight excluding hydrogens is 166 g/mol. The van der Waals surface area contributed by atoms with Crippen LogP contribution in [0, 0.1) is 0 Å². The van der Waals surface area contributed by atoms with Gasteiger partial charge in [-0.25, -0.2) is 0 Å². The van der Waals surface area contributed by atoms with Crippen molar-refractivity contribution in [1.29, 1.82) is 0 Å². The lowest BCUT2D eigenvalue weighted by molar-refractivity contribution is 0.111. The summed E-state index contributed by atoms with van der Waals surface area (Å²) in [5.41, 5.74) is 2.97. The molecule has 0 aromatic carbocycles. The number of nitrogens with zero attached hydrogens (tertiary/aromatic N) is 2. The summed E-state index contributed by atoms with van der Waals surface area (Å²) in [5, 5.41) is 7.57. The van der Waals surface area contributed by atoms with Crippen molar-refractivity contribution in [3.63, 3.8) is 0 Å². The first-order valence-corrected chi connectivity index (χ1v) is 4.66.